The summed E-state index contributed by atoms with van der Waals surface area (Å²) in [6, 6.07) is 7.08. The Morgan fingerprint density at radius 2 is 2.00 bits per heavy atom. The fourth-order valence-corrected chi connectivity index (χ4v) is 3.13. The number of benzene rings is 1. The Morgan fingerprint density at radius 3 is 2.65 bits per heavy atom. The maximum Gasteiger partial charge on any atom is 0.123 e. The minimum absolute atomic E-state index is 0.125. The molecule has 0 saturated heterocycles. The topological polar surface area (TPSA) is 26.0 Å². The van der Waals surface area contributed by atoms with Crippen LogP contribution < -0.4 is 5.73 Å². The van der Waals surface area contributed by atoms with E-state index in [1.165, 1.54) is 38.2 Å². The zero-order chi connectivity index (χ0) is 12.1. The van der Waals surface area contributed by atoms with Gasteiger partial charge in [0.2, 0.25) is 0 Å². The molecule has 1 aromatic carbocycles. The van der Waals surface area contributed by atoms with Crippen LogP contribution in [0.4, 0.5) is 4.39 Å². The summed E-state index contributed by atoms with van der Waals surface area (Å²) in [7, 11) is 0. The molecule has 1 aliphatic rings. The molecule has 0 spiro atoms. The van der Waals surface area contributed by atoms with Crippen LogP contribution in [0.5, 0.6) is 0 Å². The van der Waals surface area contributed by atoms with Crippen LogP contribution in [0, 0.1) is 11.7 Å². The van der Waals surface area contributed by atoms with Crippen LogP contribution in [0.2, 0.25) is 0 Å². The van der Waals surface area contributed by atoms with Gasteiger partial charge in [0.1, 0.15) is 5.82 Å². The molecule has 1 fully saturated rings. The zero-order valence-corrected chi connectivity index (χ0v) is 10.4. The van der Waals surface area contributed by atoms with Crippen LogP contribution in [0.25, 0.3) is 0 Å². The molecule has 1 nitrogen and oxygen atoms in total. The molecular formula is C15H22FN. The second-order valence-corrected chi connectivity index (χ2v) is 5.14. The van der Waals surface area contributed by atoms with Gasteiger partial charge in [0, 0.05) is 0 Å². The van der Waals surface area contributed by atoms with Crippen LogP contribution >= 0.6 is 0 Å². The Labute approximate surface area is 103 Å². The smallest absolute Gasteiger partial charge is 0.123 e. The molecule has 1 aliphatic carbocycles. The van der Waals surface area contributed by atoms with Gasteiger partial charge in [-0.1, -0.05) is 31.4 Å². The molecule has 2 rings (SSSR count). The maximum absolute atomic E-state index is 13.3. The highest BCUT2D eigenvalue weighted by Crippen LogP contribution is 2.37. The predicted octanol–water partition coefficient (Wildman–Crippen LogP) is 3.84. The van der Waals surface area contributed by atoms with Crippen molar-refractivity contribution in [2.24, 2.45) is 11.7 Å². The van der Waals surface area contributed by atoms with Crippen molar-refractivity contribution in [1.82, 2.24) is 0 Å². The van der Waals surface area contributed by atoms with Crippen molar-refractivity contribution in [3.05, 3.63) is 35.6 Å². The summed E-state index contributed by atoms with van der Waals surface area (Å²) in [6.45, 7) is 0.692. The summed E-state index contributed by atoms with van der Waals surface area (Å²) in [5, 5.41) is 0. The highest BCUT2D eigenvalue weighted by atomic mass is 19.1. The summed E-state index contributed by atoms with van der Waals surface area (Å²) in [5.41, 5.74) is 6.86. The van der Waals surface area contributed by atoms with E-state index in [1.807, 2.05) is 6.07 Å². The SMILES string of the molecule is NCCC(c1cccc(F)c1)C1CCCCC1. The van der Waals surface area contributed by atoms with Gasteiger partial charge in [0.05, 0.1) is 0 Å². The molecule has 0 aliphatic heterocycles. The second kappa shape index (κ2) is 6.15. The third-order valence-corrected chi connectivity index (χ3v) is 3.97. The third kappa shape index (κ3) is 3.29. The molecule has 1 atom stereocenters. The van der Waals surface area contributed by atoms with E-state index in [0.29, 0.717) is 18.4 Å². The summed E-state index contributed by atoms with van der Waals surface area (Å²) in [6.07, 6.45) is 7.54. The lowest BCUT2D eigenvalue weighted by molar-refractivity contribution is 0.295. The Hall–Kier alpha value is -0.890. The lowest BCUT2D eigenvalue weighted by atomic mass is 9.75. The monoisotopic (exact) mass is 235 g/mol. The van der Waals surface area contributed by atoms with Gasteiger partial charge in [-0.25, -0.2) is 4.39 Å². The number of hydrogen-bond donors (Lipinski definition) is 1. The normalized spacial score (nSPS) is 19.2. The molecule has 0 bridgehead atoms. The fourth-order valence-electron chi connectivity index (χ4n) is 3.13. The maximum atomic E-state index is 13.3. The van der Waals surface area contributed by atoms with Crippen molar-refractivity contribution in [2.75, 3.05) is 6.54 Å². The van der Waals surface area contributed by atoms with Gasteiger partial charge in [-0.15, -0.1) is 0 Å². The molecule has 17 heavy (non-hydrogen) atoms. The molecule has 1 saturated carbocycles. The minimum atomic E-state index is -0.125. The first-order valence-electron chi connectivity index (χ1n) is 6.77. The van der Waals surface area contributed by atoms with E-state index in [1.54, 1.807) is 6.07 Å². The van der Waals surface area contributed by atoms with Gasteiger partial charge >= 0.3 is 0 Å². The molecule has 1 aromatic rings. The van der Waals surface area contributed by atoms with Gasteiger partial charge in [0.15, 0.2) is 0 Å². The van der Waals surface area contributed by atoms with Crippen LogP contribution in [-0.4, -0.2) is 6.54 Å². The van der Waals surface area contributed by atoms with E-state index in [4.69, 9.17) is 5.73 Å². The van der Waals surface area contributed by atoms with Crippen LogP contribution in [0.1, 0.15) is 50.0 Å². The highest BCUT2D eigenvalue weighted by molar-refractivity contribution is 5.21. The lowest BCUT2D eigenvalue weighted by Gasteiger charge is -2.30. The number of halogens is 1. The predicted molar refractivity (Wildman–Crippen MR) is 69.4 cm³/mol. The van der Waals surface area contributed by atoms with Crippen molar-refractivity contribution >= 4 is 0 Å². The Kier molecular flexibility index (Phi) is 4.55. The Bertz CT molecular complexity index is 345. The van der Waals surface area contributed by atoms with Gasteiger partial charge in [-0.05, 0) is 55.3 Å². The van der Waals surface area contributed by atoms with Crippen molar-refractivity contribution in [3.8, 4) is 0 Å². The Morgan fingerprint density at radius 1 is 1.24 bits per heavy atom. The highest BCUT2D eigenvalue weighted by Gasteiger charge is 2.24. The van der Waals surface area contributed by atoms with E-state index >= 15 is 0 Å². The minimum Gasteiger partial charge on any atom is -0.330 e. The summed E-state index contributed by atoms with van der Waals surface area (Å²) < 4.78 is 13.3. The standard InChI is InChI=1S/C15H22FN/c16-14-8-4-7-13(11-14)15(9-10-17)12-5-2-1-3-6-12/h4,7-8,11-12,15H,1-3,5-6,9-10,17H2. The summed E-state index contributed by atoms with van der Waals surface area (Å²) in [5.74, 6) is 1.03. The molecule has 0 heterocycles. The molecule has 0 amide bonds. The largest absolute Gasteiger partial charge is 0.330 e. The van der Waals surface area contributed by atoms with E-state index in [-0.39, 0.29) is 5.82 Å². The lowest BCUT2D eigenvalue weighted by Crippen LogP contribution is -2.19. The van der Waals surface area contributed by atoms with Crippen LogP contribution in [0.3, 0.4) is 0 Å². The molecule has 94 valence electrons. The van der Waals surface area contributed by atoms with Crippen molar-refractivity contribution in [2.45, 2.75) is 44.4 Å². The van der Waals surface area contributed by atoms with Crippen LogP contribution in [0.15, 0.2) is 24.3 Å². The fraction of sp³-hybridized carbons (Fsp3) is 0.600. The van der Waals surface area contributed by atoms with Crippen molar-refractivity contribution < 1.29 is 4.39 Å². The quantitative estimate of drug-likeness (QED) is 0.843. The average molecular weight is 235 g/mol. The first kappa shape index (κ1) is 12.6. The van der Waals surface area contributed by atoms with E-state index < -0.39 is 0 Å². The molecule has 0 aromatic heterocycles. The van der Waals surface area contributed by atoms with Crippen molar-refractivity contribution in [1.29, 1.82) is 0 Å². The first-order valence-corrected chi connectivity index (χ1v) is 6.77. The van der Waals surface area contributed by atoms with Crippen molar-refractivity contribution in [3.63, 3.8) is 0 Å². The molecular weight excluding hydrogens is 213 g/mol. The van der Waals surface area contributed by atoms with Gasteiger partial charge in [0.25, 0.3) is 0 Å². The molecule has 2 N–H and O–H groups in total. The average Bonchev–Trinajstić information content (AvgIpc) is 2.37. The van der Waals surface area contributed by atoms with Crippen LogP contribution in [-0.2, 0) is 0 Å². The molecule has 2 heteroatoms. The molecule has 1 unspecified atom stereocenters. The number of nitrogens with two attached hydrogens (primary N) is 1. The Balaban J connectivity index is 2.15. The van der Waals surface area contributed by atoms with Gasteiger partial charge < -0.3 is 5.73 Å². The van der Waals surface area contributed by atoms with Gasteiger partial charge in [-0.2, -0.15) is 0 Å². The third-order valence-electron chi connectivity index (χ3n) is 3.97. The summed E-state index contributed by atoms with van der Waals surface area (Å²) >= 11 is 0. The second-order valence-electron chi connectivity index (χ2n) is 5.14. The number of hydrogen-bond acceptors (Lipinski definition) is 1. The van der Waals surface area contributed by atoms with E-state index in [9.17, 15) is 4.39 Å². The summed E-state index contributed by atoms with van der Waals surface area (Å²) in [4.78, 5) is 0. The zero-order valence-electron chi connectivity index (χ0n) is 10.4. The first-order chi connectivity index (χ1) is 8.31. The van der Waals surface area contributed by atoms with Gasteiger partial charge in [-0.3, -0.25) is 0 Å². The molecule has 0 radical (unpaired) electrons. The number of rotatable bonds is 4. The van der Waals surface area contributed by atoms with E-state index in [0.717, 1.165) is 12.0 Å². The van der Waals surface area contributed by atoms with E-state index in [2.05, 4.69) is 6.07 Å².